The topological polar surface area (TPSA) is 125 Å². The first-order valence-corrected chi connectivity index (χ1v) is 8.25. The maximum absolute atomic E-state index is 12.0. The van der Waals surface area contributed by atoms with Gasteiger partial charge in [0.05, 0.1) is 11.5 Å². The molecule has 9 heteroatoms. The molecule has 0 radical (unpaired) electrons. The summed E-state index contributed by atoms with van der Waals surface area (Å²) >= 11 is 3.18. The number of hydroxylamine groups is 1. The van der Waals surface area contributed by atoms with Crippen molar-refractivity contribution in [2.24, 2.45) is 5.92 Å². The average molecular weight is 417 g/mol. The number of phenols is 1. The maximum atomic E-state index is 12.0. The zero-order valence-electron chi connectivity index (χ0n) is 14.1. The van der Waals surface area contributed by atoms with E-state index in [1.54, 1.807) is 20.8 Å². The number of aromatic hydroxyl groups is 1. The highest BCUT2D eigenvalue weighted by molar-refractivity contribution is 9.10. The number of carbonyl (C=O) groups excluding carboxylic acids is 3. The van der Waals surface area contributed by atoms with E-state index in [0.717, 1.165) is 0 Å². The second-order valence-electron chi connectivity index (χ2n) is 5.98. The first-order chi connectivity index (χ1) is 11.6. The third-order valence-corrected chi connectivity index (χ3v) is 3.60. The summed E-state index contributed by atoms with van der Waals surface area (Å²) < 4.78 is 4.24. The standard InChI is InChI=1S/C16H21BrN2O6/c1-9(8-25-15(23)16(2,3)17)13(21)18-7-10-4-5-11(12(20)6-10)14(22)19-24/h4-6,9,20,24H,7-8H2,1-3H3,(H,18,21)(H,19,22). The van der Waals surface area contributed by atoms with Crippen molar-refractivity contribution in [3.63, 3.8) is 0 Å². The number of esters is 1. The molecule has 0 aliphatic carbocycles. The molecule has 0 aromatic heterocycles. The summed E-state index contributed by atoms with van der Waals surface area (Å²) in [6.45, 7) is 4.98. The number of halogens is 1. The Morgan fingerprint density at radius 2 is 1.96 bits per heavy atom. The molecular formula is C16H21BrN2O6. The number of benzene rings is 1. The fourth-order valence-electron chi connectivity index (χ4n) is 1.75. The minimum absolute atomic E-state index is 0.0550. The van der Waals surface area contributed by atoms with Crippen molar-refractivity contribution in [1.29, 1.82) is 0 Å². The lowest BCUT2D eigenvalue weighted by Gasteiger charge is -2.17. The molecule has 0 saturated heterocycles. The van der Waals surface area contributed by atoms with Crippen LogP contribution in [0.15, 0.2) is 18.2 Å². The summed E-state index contributed by atoms with van der Waals surface area (Å²) in [5, 5.41) is 20.9. The Morgan fingerprint density at radius 3 is 2.48 bits per heavy atom. The molecule has 1 unspecified atom stereocenters. The van der Waals surface area contributed by atoms with E-state index < -0.39 is 22.1 Å². The molecule has 0 bridgehead atoms. The van der Waals surface area contributed by atoms with Gasteiger partial charge in [0.25, 0.3) is 5.91 Å². The highest BCUT2D eigenvalue weighted by Gasteiger charge is 2.26. The van der Waals surface area contributed by atoms with Gasteiger partial charge in [-0.25, -0.2) is 5.48 Å². The van der Waals surface area contributed by atoms with Crippen molar-refractivity contribution in [2.75, 3.05) is 6.61 Å². The molecule has 0 saturated carbocycles. The van der Waals surface area contributed by atoms with E-state index >= 15 is 0 Å². The number of nitrogens with one attached hydrogen (secondary N) is 2. The van der Waals surface area contributed by atoms with E-state index in [2.05, 4.69) is 21.2 Å². The summed E-state index contributed by atoms with van der Waals surface area (Å²) in [4.78, 5) is 34.9. The van der Waals surface area contributed by atoms with Crippen LogP contribution in [0, 0.1) is 5.92 Å². The second-order valence-corrected chi connectivity index (χ2v) is 7.96. The lowest BCUT2D eigenvalue weighted by molar-refractivity contribution is -0.147. The molecule has 1 aromatic carbocycles. The van der Waals surface area contributed by atoms with Gasteiger partial charge in [-0.15, -0.1) is 0 Å². The number of rotatable bonds is 7. The molecule has 0 aliphatic rings. The quantitative estimate of drug-likeness (QED) is 0.231. The minimum Gasteiger partial charge on any atom is -0.507 e. The first kappa shape index (κ1) is 20.9. The van der Waals surface area contributed by atoms with Crippen LogP contribution in [-0.4, -0.2) is 39.0 Å². The Kier molecular flexibility index (Phi) is 7.38. The van der Waals surface area contributed by atoms with E-state index in [0.29, 0.717) is 5.56 Å². The molecule has 4 N–H and O–H groups in total. The number of hydrogen-bond donors (Lipinski definition) is 4. The van der Waals surface area contributed by atoms with Crippen LogP contribution in [0.2, 0.25) is 0 Å². The van der Waals surface area contributed by atoms with Gasteiger partial charge in [0.1, 0.15) is 16.7 Å². The molecule has 1 rings (SSSR count). The molecule has 0 aliphatic heterocycles. The van der Waals surface area contributed by atoms with E-state index in [1.165, 1.54) is 23.7 Å². The van der Waals surface area contributed by atoms with Crippen LogP contribution in [0.25, 0.3) is 0 Å². The predicted octanol–water partition coefficient (Wildman–Crippen LogP) is 1.48. The van der Waals surface area contributed by atoms with Crippen LogP contribution in [0.5, 0.6) is 5.75 Å². The molecular weight excluding hydrogens is 396 g/mol. The number of alkyl halides is 1. The zero-order valence-corrected chi connectivity index (χ0v) is 15.7. The van der Waals surface area contributed by atoms with Crippen molar-refractivity contribution in [1.82, 2.24) is 10.8 Å². The number of amides is 2. The largest absolute Gasteiger partial charge is 0.507 e. The Labute approximate surface area is 153 Å². The van der Waals surface area contributed by atoms with E-state index in [4.69, 9.17) is 9.94 Å². The van der Waals surface area contributed by atoms with Crippen molar-refractivity contribution < 1.29 is 29.4 Å². The summed E-state index contributed by atoms with van der Waals surface area (Å²) in [7, 11) is 0. The van der Waals surface area contributed by atoms with Crippen molar-refractivity contribution >= 4 is 33.7 Å². The van der Waals surface area contributed by atoms with Crippen LogP contribution in [0.3, 0.4) is 0 Å². The highest BCUT2D eigenvalue weighted by Crippen LogP contribution is 2.19. The summed E-state index contributed by atoms with van der Waals surface area (Å²) in [5.41, 5.74) is 1.90. The fraction of sp³-hybridized carbons (Fsp3) is 0.438. The van der Waals surface area contributed by atoms with E-state index in [9.17, 15) is 19.5 Å². The maximum Gasteiger partial charge on any atom is 0.322 e. The minimum atomic E-state index is -0.835. The lowest BCUT2D eigenvalue weighted by atomic mass is 10.1. The van der Waals surface area contributed by atoms with Crippen molar-refractivity contribution in [3.8, 4) is 5.75 Å². The number of phenolic OH excluding ortho intramolecular Hbond substituents is 1. The fourth-order valence-corrected chi connectivity index (χ4v) is 1.87. The summed E-state index contributed by atoms with van der Waals surface area (Å²) in [5.74, 6) is -2.49. The van der Waals surface area contributed by atoms with E-state index in [1.807, 2.05) is 0 Å². The SMILES string of the molecule is CC(COC(=O)C(C)(C)Br)C(=O)NCc1ccc(C(=O)NO)c(O)c1. The highest BCUT2D eigenvalue weighted by atomic mass is 79.9. The van der Waals surface area contributed by atoms with Crippen LogP contribution in [-0.2, 0) is 20.9 Å². The van der Waals surface area contributed by atoms with Gasteiger partial charge in [0, 0.05) is 6.54 Å². The van der Waals surface area contributed by atoms with Gasteiger partial charge < -0.3 is 15.2 Å². The summed E-state index contributed by atoms with van der Waals surface area (Å²) in [6, 6.07) is 4.16. The van der Waals surface area contributed by atoms with Gasteiger partial charge in [-0.3, -0.25) is 19.6 Å². The number of hydrogen-bond acceptors (Lipinski definition) is 6. The first-order valence-electron chi connectivity index (χ1n) is 7.46. The zero-order chi connectivity index (χ0) is 19.2. The third-order valence-electron chi connectivity index (χ3n) is 3.27. The Morgan fingerprint density at radius 1 is 1.32 bits per heavy atom. The smallest absolute Gasteiger partial charge is 0.322 e. The normalized spacial score (nSPS) is 12.2. The van der Waals surface area contributed by atoms with Gasteiger partial charge >= 0.3 is 5.97 Å². The van der Waals surface area contributed by atoms with Gasteiger partial charge in [0.2, 0.25) is 5.91 Å². The molecule has 8 nitrogen and oxygen atoms in total. The monoisotopic (exact) mass is 416 g/mol. The Balaban J connectivity index is 2.54. The van der Waals surface area contributed by atoms with Crippen molar-refractivity contribution in [2.45, 2.75) is 31.6 Å². The number of carbonyl (C=O) groups is 3. The number of ether oxygens (including phenoxy) is 1. The lowest BCUT2D eigenvalue weighted by Crippen LogP contribution is -2.34. The molecule has 1 aromatic rings. The van der Waals surface area contributed by atoms with Crippen LogP contribution in [0.4, 0.5) is 0 Å². The molecule has 138 valence electrons. The second kappa shape index (κ2) is 8.82. The van der Waals surface area contributed by atoms with E-state index in [-0.39, 0.29) is 30.4 Å². The average Bonchev–Trinajstić information content (AvgIpc) is 2.55. The van der Waals surface area contributed by atoms with Gasteiger partial charge in [-0.2, -0.15) is 0 Å². The van der Waals surface area contributed by atoms with Gasteiger partial charge in [-0.1, -0.05) is 28.9 Å². The third kappa shape index (κ3) is 6.35. The predicted molar refractivity (Wildman–Crippen MR) is 92.3 cm³/mol. The molecule has 0 spiro atoms. The molecule has 25 heavy (non-hydrogen) atoms. The Bertz CT molecular complexity index is 657. The Hall–Kier alpha value is -2.13. The van der Waals surface area contributed by atoms with Crippen LogP contribution < -0.4 is 10.8 Å². The molecule has 0 fully saturated rings. The molecule has 2 amide bonds. The van der Waals surface area contributed by atoms with Crippen LogP contribution >= 0.6 is 15.9 Å². The summed E-state index contributed by atoms with van der Waals surface area (Å²) in [6.07, 6.45) is 0. The molecule has 1 atom stereocenters. The van der Waals surface area contributed by atoms with Gasteiger partial charge in [0.15, 0.2) is 0 Å². The van der Waals surface area contributed by atoms with Crippen LogP contribution in [0.1, 0.15) is 36.7 Å². The molecule has 0 heterocycles. The van der Waals surface area contributed by atoms with Crippen molar-refractivity contribution in [3.05, 3.63) is 29.3 Å². The van der Waals surface area contributed by atoms with Gasteiger partial charge in [-0.05, 0) is 31.5 Å².